The Morgan fingerprint density at radius 1 is 1.00 bits per heavy atom. The highest BCUT2D eigenvalue weighted by molar-refractivity contribution is 5.98. The first-order valence-electron chi connectivity index (χ1n) is 13.1. The maximum atomic E-state index is 12.5. The Hall–Kier alpha value is -4.34. The maximum absolute atomic E-state index is 12.5. The van der Waals surface area contributed by atoms with Gasteiger partial charge < -0.3 is 29.0 Å². The molecule has 0 bridgehead atoms. The fraction of sp³-hybridized carbons (Fsp3) is 0.290. The average molecular weight is 544 g/mol. The number of methoxy groups -OCH3 is 1. The number of rotatable bonds is 12. The Morgan fingerprint density at radius 2 is 1.80 bits per heavy atom. The number of benzene rings is 2. The largest absolute Gasteiger partial charge is 0.496 e. The van der Waals surface area contributed by atoms with Gasteiger partial charge in [0.2, 0.25) is 0 Å². The summed E-state index contributed by atoms with van der Waals surface area (Å²) < 4.78 is 16.4. The second kappa shape index (κ2) is 13.1. The summed E-state index contributed by atoms with van der Waals surface area (Å²) >= 11 is 0. The standard InChI is InChI=1S/C31H37N5O4/c1-21(36(4)5)25-17-22(11-12-28(25)34-31(37)40-16-15-39-14-13-35(2)3)23-18-26-27(20-33-30(26)32-19-23)24-9-7-8-10-29(24)38-6/h7-12,17-20H,1,13-16H2,2-6H3,(H,32,33)(H,34,37). The van der Waals surface area contributed by atoms with Crippen molar-refractivity contribution in [2.75, 3.05) is 67.0 Å². The summed E-state index contributed by atoms with van der Waals surface area (Å²) in [6.07, 6.45) is 3.23. The zero-order valence-electron chi connectivity index (χ0n) is 23.8. The first-order valence-corrected chi connectivity index (χ1v) is 13.1. The lowest BCUT2D eigenvalue weighted by atomic mass is 9.99. The number of likely N-dealkylation sites (N-methyl/N-ethyl adjacent to an activating group) is 1. The zero-order chi connectivity index (χ0) is 28.6. The minimum atomic E-state index is -0.548. The van der Waals surface area contributed by atoms with Crippen LogP contribution in [-0.2, 0) is 9.47 Å². The van der Waals surface area contributed by atoms with E-state index in [0.29, 0.717) is 18.9 Å². The summed E-state index contributed by atoms with van der Waals surface area (Å²) in [6, 6.07) is 15.8. The van der Waals surface area contributed by atoms with Gasteiger partial charge >= 0.3 is 6.09 Å². The van der Waals surface area contributed by atoms with Gasteiger partial charge in [0.05, 0.1) is 26.0 Å². The number of fused-ring (bicyclic) bond motifs is 1. The third-order valence-corrected chi connectivity index (χ3v) is 6.51. The summed E-state index contributed by atoms with van der Waals surface area (Å²) in [7, 11) is 9.45. The van der Waals surface area contributed by atoms with Crippen LogP contribution in [0.5, 0.6) is 5.75 Å². The van der Waals surface area contributed by atoms with Crippen LogP contribution in [0.2, 0.25) is 0 Å². The molecule has 40 heavy (non-hydrogen) atoms. The molecule has 2 heterocycles. The van der Waals surface area contributed by atoms with E-state index in [4.69, 9.17) is 14.2 Å². The van der Waals surface area contributed by atoms with Crippen LogP contribution in [0.1, 0.15) is 5.56 Å². The van der Waals surface area contributed by atoms with Crippen molar-refractivity contribution >= 4 is 28.5 Å². The molecule has 2 aromatic heterocycles. The van der Waals surface area contributed by atoms with Gasteiger partial charge in [-0.2, -0.15) is 0 Å². The maximum Gasteiger partial charge on any atom is 0.411 e. The highest BCUT2D eigenvalue weighted by Crippen LogP contribution is 2.37. The molecule has 4 rings (SSSR count). The Balaban J connectivity index is 1.58. The molecule has 2 aromatic carbocycles. The normalized spacial score (nSPS) is 11.1. The van der Waals surface area contributed by atoms with Gasteiger partial charge in [0.1, 0.15) is 18.0 Å². The van der Waals surface area contributed by atoms with E-state index in [1.807, 2.05) is 92.8 Å². The van der Waals surface area contributed by atoms with Gasteiger partial charge in [-0.25, -0.2) is 9.78 Å². The van der Waals surface area contributed by atoms with E-state index < -0.39 is 6.09 Å². The first kappa shape index (κ1) is 28.7. The molecule has 0 saturated carbocycles. The molecular formula is C31H37N5O4. The van der Waals surface area contributed by atoms with Crippen molar-refractivity contribution in [1.82, 2.24) is 19.8 Å². The van der Waals surface area contributed by atoms with E-state index in [9.17, 15) is 4.79 Å². The van der Waals surface area contributed by atoms with E-state index in [2.05, 4.69) is 27.9 Å². The van der Waals surface area contributed by atoms with Crippen molar-refractivity contribution in [3.63, 3.8) is 0 Å². The zero-order valence-corrected chi connectivity index (χ0v) is 23.8. The van der Waals surface area contributed by atoms with Crippen molar-refractivity contribution in [2.24, 2.45) is 0 Å². The molecule has 210 valence electrons. The predicted octanol–water partition coefficient (Wildman–Crippen LogP) is 5.56. The number of hydrogen-bond donors (Lipinski definition) is 2. The van der Waals surface area contributed by atoms with E-state index in [1.165, 1.54) is 0 Å². The van der Waals surface area contributed by atoms with Crippen LogP contribution in [0.3, 0.4) is 0 Å². The number of aromatic amines is 1. The lowest BCUT2D eigenvalue weighted by Crippen LogP contribution is -2.21. The number of anilines is 1. The molecule has 0 unspecified atom stereocenters. The number of para-hydroxylation sites is 1. The van der Waals surface area contributed by atoms with Crippen LogP contribution in [0.4, 0.5) is 10.5 Å². The van der Waals surface area contributed by atoms with Crippen molar-refractivity contribution < 1.29 is 19.0 Å². The number of nitrogens with zero attached hydrogens (tertiary/aromatic N) is 3. The molecule has 1 amide bonds. The molecule has 9 nitrogen and oxygen atoms in total. The van der Waals surface area contributed by atoms with Crippen LogP contribution in [-0.4, -0.2) is 87.5 Å². The number of amides is 1. The molecular weight excluding hydrogens is 506 g/mol. The molecule has 0 spiro atoms. The third-order valence-electron chi connectivity index (χ3n) is 6.51. The number of nitrogens with one attached hydrogen (secondary N) is 2. The number of H-pyrrole nitrogens is 1. The van der Waals surface area contributed by atoms with Crippen LogP contribution >= 0.6 is 0 Å². The van der Waals surface area contributed by atoms with E-state index in [-0.39, 0.29) is 6.61 Å². The van der Waals surface area contributed by atoms with Crippen molar-refractivity contribution in [2.45, 2.75) is 0 Å². The summed E-state index contributed by atoms with van der Waals surface area (Å²) in [5.41, 5.74) is 6.77. The molecule has 0 aliphatic rings. The van der Waals surface area contributed by atoms with Crippen LogP contribution in [0.15, 0.2) is 67.5 Å². The van der Waals surface area contributed by atoms with Gasteiger partial charge in [-0.05, 0) is 43.9 Å². The van der Waals surface area contributed by atoms with Crippen LogP contribution in [0, 0.1) is 0 Å². The Labute approximate surface area is 235 Å². The number of pyridine rings is 1. The van der Waals surface area contributed by atoms with Gasteiger partial charge in [-0.1, -0.05) is 30.8 Å². The summed E-state index contributed by atoms with van der Waals surface area (Å²) in [4.78, 5) is 24.4. The van der Waals surface area contributed by atoms with Gasteiger partial charge in [-0.3, -0.25) is 5.32 Å². The fourth-order valence-corrected chi connectivity index (χ4v) is 4.25. The number of ether oxygens (including phenoxy) is 3. The van der Waals surface area contributed by atoms with Gasteiger partial charge in [0.15, 0.2) is 0 Å². The molecule has 2 N–H and O–H groups in total. The smallest absolute Gasteiger partial charge is 0.411 e. The monoisotopic (exact) mass is 543 g/mol. The molecule has 0 aliphatic carbocycles. The number of hydrogen-bond acceptors (Lipinski definition) is 7. The number of aromatic nitrogens is 2. The second-order valence-electron chi connectivity index (χ2n) is 9.80. The Bertz CT molecular complexity index is 1480. The van der Waals surface area contributed by atoms with Crippen molar-refractivity contribution in [3.8, 4) is 28.0 Å². The molecule has 0 fully saturated rings. The lowest BCUT2D eigenvalue weighted by Gasteiger charge is -2.20. The van der Waals surface area contributed by atoms with Gasteiger partial charge in [0.25, 0.3) is 0 Å². The molecule has 0 aliphatic heterocycles. The summed E-state index contributed by atoms with van der Waals surface area (Å²) in [5, 5.41) is 3.84. The average Bonchev–Trinajstić information content (AvgIpc) is 3.37. The minimum absolute atomic E-state index is 0.165. The molecule has 9 heteroatoms. The van der Waals surface area contributed by atoms with E-state index in [1.54, 1.807) is 7.11 Å². The summed E-state index contributed by atoms with van der Waals surface area (Å²) in [5.74, 6) is 0.792. The molecule has 0 saturated heterocycles. The fourth-order valence-electron chi connectivity index (χ4n) is 4.25. The Kier molecular flexibility index (Phi) is 9.42. The quantitative estimate of drug-likeness (QED) is 0.226. The minimum Gasteiger partial charge on any atom is -0.496 e. The van der Waals surface area contributed by atoms with Crippen molar-refractivity contribution in [1.29, 1.82) is 0 Å². The van der Waals surface area contributed by atoms with E-state index >= 15 is 0 Å². The SMILES string of the molecule is C=C(c1cc(-c2cnc3[nH]cc(-c4ccccc4OC)c3c2)ccc1NC(=O)OCCOCCN(C)C)N(C)C. The topological polar surface area (TPSA) is 91.9 Å². The predicted molar refractivity (Wildman–Crippen MR) is 161 cm³/mol. The third kappa shape index (κ3) is 6.80. The molecule has 0 radical (unpaired) electrons. The highest BCUT2D eigenvalue weighted by atomic mass is 16.6. The lowest BCUT2D eigenvalue weighted by molar-refractivity contribution is 0.0707. The molecule has 0 atom stereocenters. The van der Waals surface area contributed by atoms with E-state index in [0.717, 1.165) is 56.8 Å². The first-order chi connectivity index (χ1) is 19.3. The van der Waals surface area contributed by atoms with Crippen LogP contribution in [0.25, 0.3) is 39.0 Å². The van der Waals surface area contributed by atoms with Crippen LogP contribution < -0.4 is 10.1 Å². The second-order valence-corrected chi connectivity index (χ2v) is 9.80. The number of carbonyl (C=O) groups excluding carboxylic acids is 1. The van der Waals surface area contributed by atoms with Crippen molar-refractivity contribution in [3.05, 3.63) is 73.1 Å². The highest BCUT2D eigenvalue weighted by Gasteiger charge is 2.16. The number of carbonyl (C=O) groups is 1. The van der Waals surface area contributed by atoms with Gasteiger partial charge in [-0.15, -0.1) is 0 Å². The molecule has 4 aromatic rings. The van der Waals surface area contributed by atoms with Gasteiger partial charge in [0, 0.05) is 66.4 Å². The Morgan fingerprint density at radius 3 is 2.55 bits per heavy atom. The summed E-state index contributed by atoms with van der Waals surface area (Å²) in [6.45, 7) is 6.12.